The van der Waals surface area contributed by atoms with Gasteiger partial charge in [-0.2, -0.15) is 0 Å². The molecule has 2 rings (SSSR count). The topological polar surface area (TPSA) is 36.9 Å². The Bertz CT molecular complexity index is 292. The van der Waals surface area contributed by atoms with Crippen molar-refractivity contribution in [2.24, 2.45) is 0 Å². The molecule has 0 radical (unpaired) electrons. The second-order valence-corrected chi connectivity index (χ2v) is 5.99. The van der Waals surface area contributed by atoms with Gasteiger partial charge in [0.15, 0.2) is 0 Å². The van der Waals surface area contributed by atoms with Gasteiger partial charge in [0.25, 0.3) is 0 Å². The molecule has 106 valence electrons. The average molecular weight is 258 g/mol. The summed E-state index contributed by atoms with van der Waals surface area (Å²) in [6.45, 7) is 12.8. The van der Waals surface area contributed by atoms with Crippen molar-refractivity contribution in [3.8, 4) is 0 Å². The molecule has 0 amide bonds. The zero-order valence-corrected chi connectivity index (χ0v) is 12.3. The van der Waals surface area contributed by atoms with Crippen molar-refractivity contribution in [3.05, 3.63) is 0 Å². The first-order chi connectivity index (χ1) is 8.36. The zero-order chi connectivity index (χ0) is 13.5. The quantitative estimate of drug-likeness (QED) is 0.757. The van der Waals surface area contributed by atoms with Crippen molar-refractivity contribution in [2.75, 3.05) is 6.61 Å². The predicted octanol–water partition coefficient (Wildman–Crippen LogP) is 2.15. The highest BCUT2D eigenvalue weighted by Gasteiger charge is 2.64. The fourth-order valence-corrected chi connectivity index (χ4v) is 3.02. The van der Waals surface area contributed by atoms with Crippen LogP contribution in [0, 0.1) is 0 Å². The molecule has 0 aromatic rings. The molecule has 2 heterocycles. The molecule has 0 unspecified atom stereocenters. The zero-order valence-electron chi connectivity index (χ0n) is 12.3. The van der Waals surface area contributed by atoms with E-state index in [9.17, 15) is 0 Å². The van der Waals surface area contributed by atoms with Gasteiger partial charge >= 0.3 is 0 Å². The first kappa shape index (κ1) is 14.3. The van der Waals surface area contributed by atoms with Crippen LogP contribution in [0.4, 0.5) is 0 Å². The summed E-state index contributed by atoms with van der Waals surface area (Å²) in [6, 6.07) is 0. The van der Waals surface area contributed by atoms with Crippen LogP contribution in [-0.4, -0.2) is 48.8 Å². The number of rotatable bonds is 5. The lowest BCUT2D eigenvalue weighted by Gasteiger charge is -2.37. The van der Waals surface area contributed by atoms with Gasteiger partial charge < -0.3 is 18.9 Å². The Balaban J connectivity index is 2.17. The molecule has 4 nitrogen and oxygen atoms in total. The largest absolute Gasteiger partial charge is 0.373 e. The summed E-state index contributed by atoms with van der Waals surface area (Å²) in [6.07, 6.45) is 0.384. The fraction of sp³-hybridized carbons (Fsp3) is 1.00. The van der Waals surface area contributed by atoms with E-state index in [0.29, 0.717) is 6.61 Å². The molecule has 2 saturated heterocycles. The number of hydrogen-bond acceptors (Lipinski definition) is 4. The van der Waals surface area contributed by atoms with Gasteiger partial charge in [0.05, 0.1) is 31.0 Å². The van der Waals surface area contributed by atoms with Crippen LogP contribution in [0.5, 0.6) is 0 Å². The van der Waals surface area contributed by atoms with Crippen molar-refractivity contribution >= 4 is 0 Å². The third-order valence-corrected chi connectivity index (χ3v) is 3.73. The molecular weight excluding hydrogens is 232 g/mol. The summed E-state index contributed by atoms with van der Waals surface area (Å²) in [5.41, 5.74) is -0.446. The summed E-state index contributed by atoms with van der Waals surface area (Å²) in [4.78, 5) is 0. The van der Waals surface area contributed by atoms with Crippen LogP contribution in [0.25, 0.3) is 0 Å². The second-order valence-electron chi connectivity index (χ2n) is 5.99. The van der Waals surface area contributed by atoms with Gasteiger partial charge in [-0.05, 0) is 41.5 Å². The molecule has 0 aliphatic carbocycles. The van der Waals surface area contributed by atoms with E-state index in [1.807, 2.05) is 34.6 Å². The molecular formula is C14H26O4. The minimum Gasteiger partial charge on any atom is -0.373 e. The molecule has 5 atom stereocenters. The third kappa shape index (κ3) is 2.31. The molecule has 0 spiro atoms. The Morgan fingerprint density at radius 3 is 2.28 bits per heavy atom. The lowest BCUT2D eigenvalue weighted by Crippen LogP contribution is -2.53. The minimum absolute atomic E-state index is 0.0266. The summed E-state index contributed by atoms with van der Waals surface area (Å²) in [5.74, 6) is 0. The standard InChI is InChI=1S/C14H26O4/c1-8(2)16-11(6)14-7-15-12(10(5)18-14)13(14)17-9(3)4/h8-13H,7H2,1-6H3/t10-,11+,12-,13-,14-/m0/s1. The van der Waals surface area contributed by atoms with E-state index < -0.39 is 5.60 Å². The van der Waals surface area contributed by atoms with Crippen LogP contribution in [0.1, 0.15) is 41.5 Å². The van der Waals surface area contributed by atoms with Gasteiger partial charge in [-0.1, -0.05) is 0 Å². The highest BCUT2D eigenvalue weighted by molar-refractivity contribution is 5.11. The van der Waals surface area contributed by atoms with Gasteiger partial charge in [-0.3, -0.25) is 0 Å². The normalized spacial score (nSPS) is 41.0. The van der Waals surface area contributed by atoms with Crippen molar-refractivity contribution in [2.45, 2.75) is 83.8 Å². The molecule has 0 N–H and O–H groups in total. The molecule has 0 saturated carbocycles. The van der Waals surface area contributed by atoms with Gasteiger partial charge in [-0.15, -0.1) is 0 Å². The highest BCUT2D eigenvalue weighted by atomic mass is 16.7. The van der Waals surface area contributed by atoms with Gasteiger partial charge in [0.1, 0.15) is 17.8 Å². The Morgan fingerprint density at radius 1 is 1.11 bits per heavy atom. The van der Waals surface area contributed by atoms with Gasteiger partial charge in [-0.25, -0.2) is 0 Å². The Hall–Kier alpha value is -0.160. The predicted molar refractivity (Wildman–Crippen MR) is 68.7 cm³/mol. The SMILES string of the molecule is CC(C)O[C@H](C)[C@]12CO[C@@H]([C@H](C)O1)[C@@H]2OC(C)C. The molecule has 18 heavy (non-hydrogen) atoms. The number of fused-ring (bicyclic) bond motifs is 2. The molecule has 2 aliphatic heterocycles. The summed E-state index contributed by atoms with van der Waals surface area (Å²) in [7, 11) is 0. The molecule has 4 heteroatoms. The van der Waals surface area contributed by atoms with Crippen molar-refractivity contribution in [3.63, 3.8) is 0 Å². The Kier molecular flexibility index (Phi) is 4.02. The van der Waals surface area contributed by atoms with E-state index in [-0.39, 0.29) is 36.6 Å². The molecule has 2 fully saturated rings. The van der Waals surface area contributed by atoms with Crippen molar-refractivity contribution in [1.29, 1.82) is 0 Å². The fourth-order valence-electron chi connectivity index (χ4n) is 3.02. The summed E-state index contributed by atoms with van der Waals surface area (Å²) >= 11 is 0. The number of ether oxygens (including phenoxy) is 4. The molecule has 2 bridgehead atoms. The molecule has 2 aliphatic rings. The van der Waals surface area contributed by atoms with Gasteiger partial charge in [0.2, 0.25) is 0 Å². The van der Waals surface area contributed by atoms with Crippen molar-refractivity contribution in [1.82, 2.24) is 0 Å². The Morgan fingerprint density at radius 2 is 1.78 bits per heavy atom. The summed E-state index contributed by atoms with van der Waals surface area (Å²) < 4.78 is 24.0. The second kappa shape index (κ2) is 5.08. The van der Waals surface area contributed by atoms with Gasteiger partial charge in [0, 0.05) is 0 Å². The van der Waals surface area contributed by atoms with Crippen LogP contribution in [0.3, 0.4) is 0 Å². The lowest BCUT2D eigenvalue weighted by molar-refractivity contribution is -0.204. The highest BCUT2D eigenvalue weighted by Crippen LogP contribution is 2.45. The maximum absolute atomic E-state index is 6.15. The van der Waals surface area contributed by atoms with Crippen LogP contribution in [0.2, 0.25) is 0 Å². The monoisotopic (exact) mass is 258 g/mol. The maximum Gasteiger partial charge on any atom is 0.146 e. The summed E-state index contributed by atoms with van der Waals surface area (Å²) in [5, 5.41) is 0. The van der Waals surface area contributed by atoms with Crippen LogP contribution in [-0.2, 0) is 18.9 Å². The molecule has 0 aromatic carbocycles. The van der Waals surface area contributed by atoms with E-state index >= 15 is 0 Å². The van der Waals surface area contributed by atoms with E-state index in [2.05, 4.69) is 6.92 Å². The van der Waals surface area contributed by atoms with E-state index in [1.165, 1.54) is 0 Å². The third-order valence-electron chi connectivity index (χ3n) is 3.73. The van der Waals surface area contributed by atoms with E-state index in [1.54, 1.807) is 0 Å². The van der Waals surface area contributed by atoms with Crippen LogP contribution in [0.15, 0.2) is 0 Å². The molecule has 0 aromatic heterocycles. The maximum atomic E-state index is 6.15. The van der Waals surface area contributed by atoms with Crippen molar-refractivity contribution < 1.29 is 18.9 Å². The van der Waals surface area contributed by atoms with E-state index in [0.717, 1.165) is 0 Å². The lowest BCUT2D eigenvalue weighted by atomic mass is 9.92. The Labute approximate surface area is 110 Å². The number of hydrogen-bond donors (Lipinski definition) is 0. The van der Waals surface area contributed by atoms with E-state index in [4.69, 9.17) is 18.9 Å². The first-order valence-corrected chi connectivity index (χ1v) is 6.97. The van der Waals surface area contributed by atoms with Crippen LogP contribution < -0.4 is 0 Å². The first-order valence-electron chi connectivity index (χ1n) is 6.97. The van der Waals surface area contributed by atoms with Crippen LogP contribution >= 0.6 is 0 Å². The average Bonchev–Trinajstić information content (AvgIpc) is 2.69. The minimum atomic E-state index is -0.446. The smallest absolute Gasteiger partial charge is 0.146 e.